The van der Waals surface area contributed by atoms with E-state index in [0.29, 0.717) is 5.69 Å². The van der Waals surface area contributed by atoms with Crippen molar-refractivity contribution in [2.24, 2.45) is 0 Å². The molecule has 0 radical (unpaired) electrons. The number of anilines is 1. The number of nitrogens with one attached hydrogen (secondary N) is 2. The van der Waals surface area contributed by atoms with E-state index < -0.39 is 0 Å². The Bertz CT molecular complexity index is 412. The zero-order valence-corrected chi connectivity index (χ0v) is 9.78. The normalized spacial score (nSPS) is 9.76. The standard InChI is InChI=1S/C10H15N5O2/c1-6-5-7(15-10(11)14-6)9(17)13-4-3-8(16)12-2/h5H,3-4H2,1-2H3,(H,12,16)(H,13,17)(H2,11,14,15). The monoisotopic (exact) mass is 237 g/mol. The molecule has 0 bridgehead atoms. The number of aryl methyl sites for hydroxylation is 1. The molecule has 1 aromatic heterocycles. The molecule has 0 aliphatic carbocycles. The summed E-state index contributed by atoms with van der Waals surface area (Å²) in [6.07, 6.45) is 0.224. The first-order valence-corrected chi connectivity index (χ1v) is 5.13. The lowest BCUT2D eigenvalue weighted by molar-refractivity contribution is -0.120. The maximum atomic E-state index is 11.6. The highest BCUT2D eigenvalue weighted by Crippen LogP contribution is 2.01. The van der Waals surface area contributed by atoms with Crippen molar-refractivity contribution in [3.63, 3.8) is 0 Å². The van der Waals surface area contributed by atoms with Crippen molar-refractivity contribution in [3.05, 3.63) is 17.5 Å². The van der Waals surface area contributed by atoms with Gasteiger partial charge in [0, 0.05) is 25.7 Å². The number of hydrogen-bond acceptors (Lipinski definition) is 5. The van der Waals surface area contributed by atoms with E-state index in [1.54, 1.807) is 14.0 Å². The molecular formula is C10H15N5O2. The molecule has 2 amide bonds. The Labute approximate surface area is 98.8 Å². The number of carbonyl (C=O) groups excluding carboxylic acids is 2. The topological polar surface area (TPSA) is 110 Å². The number of nitrogens with two attached hydrogens (primary N) is 1. The highest BCUT2D eigenvalue weighted by Gasteiger charge is 2.09. The van der Waals surface area contributed by atoms with Gasteiger partial charge in [0.2, 0.25) is 11.9 Å². The van der Waals surface area contributed by atoms with Crippen molar-refractivity contribution in [1.82, 2.24) is 20.6 Å². The molecule has 0 fully saturated rings. The van der Waals surface area contributed by atoms with Gasteiger partial charge in [-0.1, -0.05) is 0 Å². The molecule has 7 heteroatoms. The van der Waals surface area contributed by atoms with Crippen LogP contribution in [0.25, 0.3) is 0 Å². The highest BCUT2D eigenvalue weighted by atomic mass is 16.2. The predicted octanol–water partition coefficient (Wildman–Crippen LogP) is -0.767. The van der Waals surface area contributed by atoms with Gasteiger partial charge < -0.3 is 16.4 Å². The second-order valence-electron chi connectivity index (χ2n) is 3.43. The lowest BCUT2D eigenvalue weighted by Gasteiger charge is -2.05. The van der Waals surface area contributed by atoms with Crippen molar-refractivity contribution in [3.8, 4) is 0 Å². The van der Waals surface area contributed by atoms with Crippen LogP contribution in [0.2, 0.25) is 0 Å². The lowest BCUT2D eigenvalue weighted by atomic mass is 10.3. The minimum Gasteiger partial charge on any atom is -0.368 e. The van der Waals surface area contributed by atoms with Crippen molar-refractivity contribution < 1.29 is 9.59 Å². The molecule has 0 saturated heterocycles. The molecule has 1 heterocycles. The number of amides is 2. The van der Waals surface area contributed by atoms with Crippen LogP contribution in [0.4, 0.5) is 5.95 Å². The minimum absolute atomic E-state index is 0.0569. The molecule has 92 valence electrons. The number of hydrogen-bond donors (Lipinski definition) is 3. The third kappa shape index (κ3) is 4.06. The molecule has 7 nitrogen and oxygen atoms in total. The summed E-state index contributed by atoms with van der Waals surface area (Å²) in [7, 11) is 1.54. The average molecular weight is 237 g/mol. The number of nitrogens with zero attached hydrogens (tertiary/aromatic N) is 2. The zero-order chi connectivity index (χ0) is 12.8. The van der Waals surface area contributed by atoms with Gasteiger partial charge in [-0.15, -0.1) is 0 Å². The molecule has 0 aliphatic rings. The molecule has 17 heavy (non-hydrogen) atoms. The Morgan fingerprint density at radius 2 is 2.12 bits per heavy atom. The van der Waals surface area contributed by atoms with Gasteiger partial charge in [-0.25, -0.2) is 9.97 Å². The van der Waals surface area contributed by atoms with Crippen molar-refractivity contribution >= 4 is 17.8 Å². The minimum atomic E-state index is -0.369. The lowest BCUT2D eigenvalue weighted by Crippen LogP contribution is -2.30. The van der Waals surface area contributed by atoms with Crippen LogP contribution in [0.3, 0.4) is 0 Å². The fraction of sp³-hybridized carbons (Fsp3) is 0.400. The fourth-order valence-electron chi connectivity index (χ4n) is 1.21. The molecular weight excluding hydrogens is 222 g/mol. The average Bonchev–Trinajstić information content (AvgIpc) is 2.27. The van der Waals surface area contributed by atoms with Crippen molar-refractivity contribution in [1.29, 1.82) is 0 Å². The zero-order valence-electron chi connectivity index (χ0n) is 9.78. The Balaban J connectivity index is 2.55. The Morgan fingerprint density at radius 1 is 1.41 bits per heavy atom. The highest BCUT2D eigenvalue weighted by molar-refractivity contribution is 5.92. The molecule has 0 aliphatic heterocycles. The second-order valence-corrected chi connectivity index (χ2v) is 3.43. The SMILES string of the molecule is CNC(=O)CCNC(=O)c1cc(C)nc(N)n1. The molecule has 0 aromatic carbocycles. The first-order valence-electron chi connectivity index (χ1n) is 5.13. The van der Waals surface area contributed by atoms with Crippen LogP contribution < -0.4 is 16.4 Å². The summed E-state index contributed by atoms with van der Waals surface area (Å²) in [6, 6.07) is 1.53. The van der Waals surface area contributed by atoms with Gasteiger partial charge >= 0.3 is 0 Å². The van der Waals surface area contributed by atoms with E-state index in [1.165, 1.54) is 6.07 Å². The summed E-state index contributed by atoms with van der Waals surface area (Å²) in [4.78, 5) is 30.2. The van der Waals surface area contributed by atoms with Crippen LogP contribution in [-0.2, 0) is 4.79 Å². The van der Waals surface area contributed by atoms with Gasteiger partial charge in [-0.05, 0) is 13.0 Å². The van der Waals surface area contributed by atoms with Crippen LogP contribution in [0.15, 0.2) is 6.07 Å². The summed E-state index contributed by atoms with van der Waals surface area (Å²) in [5.41, 5.74) is 6.25. The maximum absolute atomic E-state index is 11.6. The van der Waals surface area contributed by atoms with Gasteiger partial charge in [0.1, 0.15) is 5.69 Å². The van der Waals surface area contributed by atoms with Gasteiger partial charge in [0.25, 0.3) is 5.91 Å². The van der Waals surface area contributed by atoms with Crippen LogP contribution in [0.1, 0.15) is 22.6 Å². The fourth-order valence-corrected chi connectivity index (χ4v) is 1.21. The Morgan fingerprint density at radius 3 is 2.71 bits per heavy atom. The van der Waals surface area contributed by atoms with Gasteiger partial charge in [0.15, 0.2) is 0 Å². The van der Waals surface area contributed by atoms with E-state index >= 15 is 0 Å². The molecule has 4 N–H and O–H groups in total. The van der Waals surface area contributed by atoms with Crippen LogP contribution in [-0.4, -0.2) is 35.4 Å². The largest absolute Gasteiger partial charge is 0.368 e. The number of nitrogen functional groups attached to an aromatic ring is 1. The second kappa shape index (κ2) is 5.78. The molecule has 1 rings (SSSR count). The van der Waals surface area contributed by atoms with Crippen molar-refractivity contribution in [2.75, 3.05) is 19.3 Å². The third-order valence-electron chi connectivity index (χ3n) is 2.02. The number of carbonyl (C=O) groups is 2. The molecule has 0 atom stereocenters. The van der Waals surface area contributed by atoms with Gasteiger partial charge in [-0.3, -0.25) is 9.59 Å². The first kappa shape index (κ1) is 12.9. The summed E-state index contributed by atoms with van der Waals surface area (Å²) in [5.74, 6) is -0.448. The molecule has 0 unspecified atom stereocenters. The summed E-state index contributed by atoms with van der Waals surface area (Å²) in [5, 5.41) is 5.03. The smallest absolute Gasteiger partial charge is 0.270 e. The van der Waals surface area contributed by atoms with Gasteiger partial charge in [-0.2, -0.15) is 0 Å². The Hall–Kier alpha value is -2.18. The molecule has 0 saturated carbocycles. The molecule has 1 aromatic rings. The van der Waals surface area contributed by atoms with Crippen LogP contribution >= 0.6 is 0 Å². The molecule has 0 spiro atoms. The van der Waals surface area contributed by atoms with E-state index in [4.69, 9.17) is 5.73 Å². The van der Waals surface area contributed by atoms with Crippen LogP contribution in [0.5, 0.6) is 0 Å². The number of aromatic nitrogens is 2. The quantitative estimate of drug-likeness (QED) is 0.637. The summed E-state index contributed by atoms with van der Waals surface area (Å²) in [6.45, 7) is 1.97. The maximum Gasteiger partial charge on any atom is 0.270 e. The van der Waals surface area contributed by atoms with E-state index in [0.717, 1.165) is 0 Å². The van der Waals surface area contributed by atoms with Gasteiger partial charge in [0.05, 0.1) is 0 Å². The van der Waals surface area contributed by atoms with E-state index in [1.807, 2.05) is 0 Å². The summed E-state index contributed by atoms with van der Waals surface area (Å²) < 4.78 is 0. The van der Waals surface area contributed by atoms with E-state index in [9.17, 15) is 9.59 Å². The van der Waals surface area contributed by atoms with Crippen molar-refractivity contribution in [2.45, 2.75) is 13.3 Å². The van der Waals surface area contributed by atoms with E-state index in [-0.39, 0.29) is 36.4 Å². The van der Waals surface area contributed by atoms with E-state index in [2.05, 4.69) is 20.6 Å². The Kier molecular flexibility index (Phi) is 4.38. The first-order chi connectivity index (χ1) is 8.02. The third-order valence-corrected chi connectivity index (χ3v) is 2.02. The predicted molar refractivity (Wildman–Crippen MR) is 62.2 cm³/mol. The summed E-state index contributed by atoms with van der Waals surface area (Å²) >= 11 is 0. The van der Waals surface area contributed by atoms with Crippen LogP contribution in [0, 0.1) is 6.92 Å². The number of rotatable bonds is 4.